The number of esters is 1. The molecule has 0 aliphatic heterocycles. The van der Waals surface area contributed by atoms with E-state index in [9.17, 15) is 13.6 Å². The fraction of sp³-hybridized carbons (Fsp3) is 0.615. The van der Waals surface area contributed by atoms with Crippen LogP contribution in [0.2, 0.25) is 0 Å². The van der Waals surface area contributed by atoms with Crippen molar-refractivity contribution < 1.29 is 18.3 Å². The molecule has 0 aromatic carbocycles. The molecule has 1 aromatic heterocycles. The maximum absolute atomic E-state index is 13.0. The zero-order valence-electron chi connectivity index (χ0n) is 11.9. The number of alkyl halides is 2. The van der Waals surface area contributed by atoms with Gasteiger partial charge in [0.25, 0.3) is 6.43 Å². The van der Waals surface area contributed by atoms with E-state index in [2.05, 4.69) is 9.97 Å². The van der Waals surface area contributed by atoms with Gasteiger partial charge in [-0.15, -0.1) is 11.8 Å². The van der Waals surface area contributed by atoms with E-state index in [1.807, 2.05) is 20.8 Å². The maximum Gasteiger partial charge on any atom is 0.341 e. The third kappa shape index (κ3) is 5.03. The van der Waals surface area contributed by atoms with Gasteiger partial charge in [0, 0.05) is 10.9 Å². The summed E-state index contributed by atoms with van der Waals surface area (Å²) in [6.07, 6.45) is -1.72. The topological polar surface area (TPSA) is 52.1 Å². The minimum Gasteiger partial charge on any atom is -0.462 e. The SMILES string of the molecule is CCOC(=O)c1cnc(CSC(C)(C)C)nc1C(F)F. The molecule has 112 valence electrons. The second-order valence-corrected chi connectivity index (χ2v) is 6.81. The zero-order valence-corrected chi connectivity index (χ0v) is 12.8. The summed E-state index contributed by atoms with van der Waals surface area (Å²) >= 11 is 1.55. The fourth-order valence-corrected chi connectivity index (χ4v) is 2.02. The Hall–Kier alpha value is -1.24. The molecule has 0 radical (unpaired) electrons. The van der Waals surface area contributed by atoms with Crippen LogP contribution in [0.15, 0.2) is 6.20 Å². The first kappa shape index (κ1) is 16.8. The highest BCUT2D eigenvalue weighted by Gasteiger charge is 2.23. The van der Waals surface area contributed by atoms with Gasteiger partial charge in [0.2, 0.25) is 0 Å². The largest absolute Gasteiger partial charge is 0.462 e. The van der Waals surface area contributed by atoms with Crippen molar-refractivity contribution in [3.8, 4) is 0 Å². The minimum absolute atomic E-state index is 0.0197. The second kappa shape index (κ2) is 6.97. The summed E-state index contributed by atoms with van der Waals surface area (Å²) in [6.45, 7) is 7.76. The smallest absolute Gasteiger partial charge is 0.341 e. The van der Waals surface area contributed by atoms with E-state index in [1.54, 1.807) is 18.7 Å². The van der Waals surface area contributed by atoms with Crippen molar-refractivity contribution in [1.29, 1.82) is 0 Å². The Bertz CT molecular complexity index is 476. The predicted octanol–water partition coefficient (Wildman–Crippen LogP) is 3.62. The number of halogens is 2. The number of hydrogen-bond acceptors (Lipinski definition) is 5. The first-order valence-corrected chi connectivity index (χ1v) is 7.18. The van der Waals surface area contributed by atoms with Gasteiger partial charge in [-0.1, -0.05) is 20.8 Å². The lowest BCUT2D eigenvalue weighted by atomic mass is 10.2. The Morgan fingerprint density at radius 2 is 2.10 bits per heavy atom. The summed E-state index contributed by atoms with van der Waals surface area (Å²) in [5.74, 6) is -0.127. The first-order chi connectivity index (χ1) is 9.24. The molecule has 0 unspecified atom stereocenters. The lowest BCUT2D eigenvalue weighted by molar-refractivity contribution is 0.0512. The fourth-order valence-electron chi connectivity index (χ4n) is 1.32. The number of rotatable bonds is 5. The highest BCUT2D eigenvalue weighted by atomic mass is 32.2. The van der Waals surface area contributed by atoms with Crippen LogP contribution in [0.3, 0.4) is 0 Å². The predicted molar refractivity (Wildman–Crippen MR) is 74.0 cm³/mol. The van der Waals surface area contributed by atoms with Crippen molar-refractivity contribution in [3.63, 3.8) is 0 Å². The lowest BCUT2D eigenvalue weighted by Crippen LogP contribution is -2.14. The number of thioether (sulfide) groups is 1. The number of nitrogens with zero attached hydrogens (tertiary/aromatic N) is 2. The Morgan fingerprint density at radius 3 is 2.60 bits per heavy atom. The molecule has 0 saturated heterocycles. The Balaban J connectivity index is 2.98. The van der Waals surface area contributed by atoms with E-state index in [0.29, 0.717) is 5.75 Å². The van der Waals surface area contributed by atoms with Crippen LogP contribution in [0, 0.1) is 0 Å². The average molecular weight is 304 g/mol. The number of aromatic nitrogens is 2. The van der Waals surface area contributed by atoms with Crippen molar-refractivity contribution in [3.05, 3.63) is 23.3 Å². The molecule has 1 aromatic rings. The lowest BCUT2D eigenvalue weighted by Gasteiger charge is -2.17. The third-order valence-electron chi connectivity index (χ3n) is 2.20. The molecule has 7 heteroatoms. The summed E-state index contributed by atoms with van der Waals surface area (Å²) in [4.78, 5) is 19.3. The molecular formula is C13H18F2N2O2S. The molecule has 0 aliphatic rings. The molecule has 1 heterocycles. The Morgan fingerprint density at radius 1 is 1.45 bits per heavy atom. The van der Waals surface area contributed by atoms with E-state index >= 15 is 0 Å². The maximum atomic E-state index is 13.0. The van der Waals surface area contributed by atoms with Gasteiger partial charge in [-0.2, -0.15) is 0 Å². The minimum atomic E-state index is -2.84. The number of carbonyl (C=O) groups excluding carboxylic acids is 1. The van der Waals surface area contributed by atoms with Gasteiger partial charge >= 0.3 is 5.97 Å². The molecule has 20 heavy (non-hydrogen) atoms. The van der Waals surface area contributed by atoms with Gasteiger partial charge in [-0.05, 0) is 6.92 Å². The van der Waals surface area contributed by atoms with Gasteiger partial charge in [0.1, 0.15) is 17.1 Å². The van der Waals surface area contributed by atoms with Crippen molar-refractivity contribution in [2.45, 2.75) is 44.6 Å². The molecule has 0 bridgehead atoms. The van der Waals surface area contributed by atoms with Gasteiger partial charge in [-0.3, -0.25) is 0 Å². The van der Waals surface area contributed by atoms with Crippen LogP contribution in [-0.2, 0) is 10.5 Å². The van der Waals surface area contributed by atoms with Crippen LogP contribution >= 0.6 is 11.8 Å². The molecule has 0 N–H and O–H groups in total. The molecule has 0 fully saturated rings. The Labute approximate surface area is 121 Å². The van der Waals surface area contributed by atoms with E-state index in [1.165, 1.54) is 0 Å². The zero-order chi connectivity index (χ0) is 15.3. The van der Waals surface area contributed by atoms with E-state index in [0.717, 1.165) is 6.20 Å². The quantitative estimate of drug-likeness (QED) is 0.778. The summed E-state index contributed by atoms with van der Waals surface area (Å²) in [5, 5.41) is 0. The summed E-state index contributed by atoms with van der Waals surface area (Å²) in [6, 6.07) is 0. The van der Waals surface area contributed by atoms with Crippen LogP contribution < -0.4 is 0 Å². The summed E-state index contributed by atoms with van der Waals surface area (Å²) < 4.78 is 30.7. The van der Waals surface area contributed by atoms with Gasteiger partial charge in [-0.25, -0.2) is 23.5 Å². The number of carbonyl (C=O) groups is 1. The molecular weight excluding hydrogens is 286 g/mol. The van der Waals surface area contributed by atoms with E-state index < -0.39 is 18.1 Å². The van der Waals surface area contributed by atoms with Crippen LogP contribution in [0.1, 0.15) is 56.0 Å². The van der Waals surface area contributed by atoms with E-state index in [-0.39, 0.29) is 22.7 Å². The summed E-state index contributed by atoms with van der Waals surface area (Å²) in [7, 11) is 0. The first-order valence-electron chi connectivity index (χ1n) is 6.19. The molecule has 0 amide bonds. The van der Waals surface area contributed by atoms with Crippen LogP contribution in [0.25, 0.3) is 0 Å². The standard InChI is InChI=1S/C13H18F2N2O2S/c1-5-19-12(18)8-6-16-9(7-20-13(2,3)4)17-10(8)11(14)15/h6,11H,5,7H2,1-4H3. The molecule has 0 aliphatic carbocycles. The van der Waals surface area contributed by atoms with Crippen LogP contribution in [0.5, 0.6) is 0 Å². The van der Waals surface area contributed by atoms with Gasteiger partial charge in [0.15, 0.2) is 0 Å². The normalized spacial score (nSPS) is 11.8. The van der Waals surface area contributed by atoms with Crippen molar-refractivity contribution in [2.24, 2.45) is 0 Å². The molecule has 4 nitrogen and oxygen atoms in total. The Kier molecular flexibility index (Phi) is 5.86. The van der Waals surface area contributed by atoms with Crippen molar-refractivity contribution in [1.82, 2.24) is 9.97 Å². The highest BCUT2D eigenvalue weighted by molar-refractivity contribution is 7.99. The van der Waals surface area contributed by atoms with Crippen LogP contribution in [0.4, 0.5) is 8.78 Å². The molecule has 1 rings (SSSR count). The third-order valence-corrected chi connectivity index (χ3v) is 3.47. The highest BCUT2D eigenvalue weighted by Crippen LogP contribution is 2.27. The average Bonchev–Trinajstić information content (AvgIpc) is 2.35. The molecule has 0 atom stereocenters. The monoisotopic (exact) mass is 304 g/mol. The summed E-state index contributed by atoms with van der Waals surface area (Å²) in [5.41, 5.74) is -0.839. The van der Waals surface area contributed by atoms with Crippen LogP contribution in [-0.4, -0.2) is 27.3 Å². The second-order valence-electron chi connectivity index (χ2n) is 5.01. The molecule has 0 spiro atoms. The van der Waals surface area contributed by atoms with E-state index in [4.69, 9.17) is 4.74 Å². The number of hydrogen-bond donors (Lipinski definition) is 0. The van der Waals surface area contributed by atoms with Gasteiger partial charge in [0.05, 0.1) is 12.4 Å². The number of ether oxygens (including phenoxy) is 1. The van der Waals surface area contributed by atoms with Gasteiger partial charge < -0.3 is 4.74 Å². The molecule has 0 saturated carbocycles. The van der Waals surface area contributed by atoms with Crippen molar-refractivity contribution in [2.75, 3.05) is 6.61 Å². The van der Waals surface area contributed by atoms with Crippen molar-refractivity contribution >= 4 is 17.7 Å².